The van der Waals surface area contributed by atoms with Crippen LogP contribution in [0, 0.1) is 0 Å². The molecule has 1 heterocycles. The van der Waals surface area contributed by atoms with E-state index < -0.39 is 6.10 Å². The molecule has 19 heavy (non-hydrogen) atoms. The molecule has 0 aliphatic rings. The van der Waals surface area contributed by atoms with Crippen LogP contribution in [-0.4, -0.2) is 28.6 Å². The van der Waals surface area contributed by atoms with E-state index in [2.05, 4.69) is 5.10 Å². The van der Waals surface area contributed by atoms with Crippen LogP contribution >= 0.6 is 0 Å². The molecular formula is C14H18N2O3. The van der Waals surface area contributed by atoms with E-state index in [4.69, 9.17) is 9.47 Å². The molecule has 0 aliphatic heterocycles. The van der Waals surface area contributed by atoms with Crippen LogP contribution in [0.15, 0.2) is 36.7 Å². The lowest BCUT2D eigenvalue weighted by molar-refractivity contribution is 0.198. The molecule has 0 unspecified atom stereocenters. The van der Waals surface area contributed by atoms with E-state index in [9.17, 15) is 5.11 Å². The molecule has 1 aromatic carbocycles. The molecule has 0 spiro atoms. The van der Waals surface area contributed by atoms with Gasteiger partial charge in [-0.2, -0.15) is 5.10 Å². The summed E-state index contributed by atoms with van der Waals surface area (Å²) in [5, 5.41) is 13.6. The molecule has 1 aromatic heterocycles. The van der Waals surface area contributed by atoms with E-state index in [1.54, 1.807) is 31.0 Å². The van der Waals surface area contributed by atoms with Gasteiger partial charge in [-0.1, -0.05) is 6.07 Å². The maximum Gasteiger partial charge on any atom is 0.161 e. The van der Waals surface area contributed by atoms with Crippen LogP contribution in [0.5, 0.6) is 11.5 Å². The first kappa shape index (κ1) is 13.4. The van der Waals surface area contributed by atoms with Gasteiger partial charge in [-0.25, -0.2) is 0 Å². The molecule has 5 heteroatoms. The van der Waals surface area contributed by atoms with Crippen LogP contribution < -0.4 is 9.47 Å². The average molecular weight is 262 g/mol. The zero-order chi connectivity index (χ0) is 13.7. The second-order valence-electron chi connectivity index (χ2n) is 4.20. The molecule has 0 saturated heterocycles. The van der Waals surface area contributed by atoms with Crippen LogP contribution in [0.25, 0.3) is 0 Å². The normalized spacial score (nSPS) is 12.2. The third-order valence-corrected chi connectivity index (χ3v) is 2.81. The Morgan fingerprint density at radius 1 is 1.37 bits per heavy atom. The summed E-state index contributed by atoms with van der Waals surface area (Å²) in [4.78, 5) is 0. The fourth-order valence-electron chi connectivity index (χ4n) is 1.75. The summed E-state index contributed by atoms with van der Waals surface area (Å²) >= 11 is 0. The Labute approximate surface area is 112 Å². The highest BCUT2D eigenvalue weighted by atomic mass is 16.5. The van der Waals surface area contributed by atoms with Gasteiger partial charge >= 0.3 is 0 Å². The Hall–Kier alpha value is -2.01. The largest absolute Gasteiger partial charge is 0.493 e. The van der Waals surface area contributed by atoms with Crippen LogP contribution in [0.3, 0.4) is 0 Å². The van der Waals surface area contributed by atoms with Crippen molar-refractivity contribution in [3.63, 3.8) is 0 Å². The minimum Gasteiger partial charge on any atom is -0.493 e. The van der Waals surface area contributed by atoms with Crippen molar-refractivity contribution in [3.05, 3.63) is 42.2 Å². The van der Waals surface area contributed by atoms with Crippen molar-refractivity contribution in [2.45, 2.75) is 19.6 Å². The van der Waals surface area contributed by atoms with E-state index in [1.165, 1.54) is 0 Å². The number of hydrogen-bond donors (Lipinski definition) is 1. The lowest BCUT2D eigenvalue weighted by Gasteiger charge is -2.13. The predicted molar refractivity (Wildman–Crippen MR) is 71.3 cm³/mol. The minimum atomic E-state index is -0.521. The number of hydrogen-bond acceptors (Lipinski definition) is 4. The predicted octanol–water partition coefficient (Wildman–Crippen LogP) is 2.02. The van der Waals surface area contributed by atoms with Gasteiger partial charge in [0.05, 0.1) is 19.8 Å². The highest BCUT2D eigenvalue weighted by Crippen LogP contribution is 2.30. The zero-order valence-electron chi connectivity index (χ0n) is 11.1. The van der Waals surface area contributed by atoms with Gasteiger partial charge in [0.2, 0.25) is 0 Å². The van der Waals surface area contributed by atoms with Gasteiger partial charge in [0.25, 0.3) is 0 Å². The van der Waals surface area contributed by atoms with Crippen molar-refractivity contribution >= 4 is 0 Å². The van der Waals surface area contributed by atoms with E-state index in [1.807, 2.05) is 24.4 Å². The van der Waals surface area contributed by atoms with Gasteiger partial charge in [-0.15, -0.1) is 0 Å². The molecule has 0 saturated carbocycles. The number of aliphatic hydroxyl groups excluding tert-OH is 1. The second kappa shape index (κ2) is 6.24. The standard InChI is InChI=1S/C14H18N2O3/c1-11(17)12-4-5-13(14(10-12)18-2)19-9-8-16-7-3-6-15-16/h3-7,10-11,17H,8-9H2,1-2H3/t11-/m1/s1. The Morgan fingerprint density at radius 3 is 2.84 bits per heavy atom. The SMILES string of the molecule is COc1cc([C@@H](C)O)ccc1OCCn1cccn1. The Balaban J connectivity index is 1.99. The first-order valence-electron chi connectivity index (χ1n) is 6.17. The Morgan fingerprint density at radius 2 is 2.21 bits per heavy atom. The van der Waals surface area contributed by atoms with E-state index in [-0.39, 0.29) is 0 Å². The molecule has 0 radical (unpaired) electrons. The van der Waals surface area contributed by atoms with Gasteiger partial charge in [-0.3, -0.25) is 4.68 Å². The quantitative estimate of drug-likeness (QED) is 0.865. The summed E-state index contributed by atoms with van der Waals surface area (Å²) in [6, 6.07) is 7.30. The monoisotopic (exact) mass is 262 g/mol. The van der Waals surface area contributed by atoms with Crippen molar-refractivity contribution in [2.75, 3.05) is 13.7 Å². The second-order valence-corrected chi connectivity index (χ2v) is 4.20. The van der Waals surface area contributed by atoms with Crippen LogP contribution in [-0.2, 0) is 6.54 Å². The van der Waals surface area contributed by atoms with Crippen LogP contribution in [0.2, 0.25) is 0 Å². The molecule has 1 atom stereocenters. The number of benzene rings is 1. The third-order valence-electron chi connectivity index (χ3n) is 2.81. The molecule has 0 fully saturated rings. The lowest BCUT2D eigenvalue weighted by atomic mass is 10.1. The summed E-state index contributed by atoms with van der Waals surface area (Å²) in [6.07, 6.45) is 3.10. The molecule has 0 bridgehead atoms. The van der Waals surface area contributed by atoms with Crippen molar-refractivity contribution in [3.8, 4) is 11.5 Å². The molecule has 1 N–H and O–H groups in total. The number of nitrogens with zero attached hydrogens (tertiary/aromatic N) is 2. The summed E-state index contributed by atoms with van der Waals surface area (Å²) in [5.41, 5.74) is 0.802. The van der Waals surface area contributed by atoms with E-state index in [0.717, 1.165) is 5.56 Å². The molecule has 102 valence electrons. The van der Waals surface area contributed by atoms with Crippen LogP contribution in [0.4, 0.5) is 0 Å². The van der Waals surface area contributed by atoms with Crippen molar-refractivity contribution in [1.29, 1.82) is 0 Å². The van der Waals surface area contributed by atoms with Crippen molar-refractivity contribution in [2.24, 2.45) is 0 Å². The Bertz CT molecular complexity index is 509. The summed E-state index contributed by atoms with van der Waals surface area (Å²) < 4.78 is 12.7. The fourth-order valence-corrected chi connectivity index (χ4v) is 1.75. The number of ether oxygens (including phenoxy) is 2. The first-order chi connectivity index (χ1) is 9.20. The maximum atomic E-state index is 9.53. The molecular weight excluding hydrogens is 244 g/mol. The number of aromatic nitrogens is 2. The lowest BCUT2D eigenvalue weighted by Crippen LogP contribution is -2.09. The van der Waals surface area contributed by atoms with Crippen molar-refractivity contribution in [1.82, 2.24) is 9.78 Å². The van der Waals surface area contributed by atoms with Crippen LogP contribution in [0.1, 0.15) is 18.6 Å². The molecule has 0 aliphatic carbocycles. The summed E-state index contributed by atoms with van der Waals surface area (Å²) in [5.74, 6) is 1.29. The number of aliphatic hydroxyl groups is 1. The Kier molecular flexibility index (Phi) is 4.41. The van der Waals surface area contributed by atoms with E-state index in [0.29, 0.717) is 24.7 Å². The zero-order valence-corrected chi connectivity index (χ0v) is 11.1. The molecule has 2 aromatic rings. The highest BCUT2D eigenvalue weighted by molar-refractivity contribution is 5.43. The molecule has 2 rings (SSSR count). The maximum absolute atomic E-state index is 9.53. The highest BCUT2D eigenvalue weighted by Gasteiger charge is 2.08. The van der Waals surface area contributed by atoms with Gasteiger partial charge in [0.15, 0.2) is 11.5 Å². The minimum absolute atomic E-state index is 0.506. The van der Waals surface area contributed by atoms with Gasteiger partial charge in [0.1, 0.15) is 6.61 Å². The number of methoxy groups -OCH3 is 1. The topological polar surface area (TPSA) is 56.5 Å². The number of rotatable bonds is 6. The molecule has 0 amide bonds. The summed E-state index contributed by atoms with van der Waals surface area (Å²) in [6.45, 7) is 2.90. The van der Waals surface area contributed by atoms with Gasteiger partial charge in [0, 0.05) is 12.4 Å². The summed E-state index contributed by atoms with van der Waals surface area (Å²) in [7, 11) is 1.58. The first-order valence-corrected chi connectivity index (χ1v) is 6.17. The van der Waals surface area contributed by atoms with Gasteiger partial charge in [-0.05, 0) is 30.7 Å². The fraction of sp³-hybridized carbons (Fsp3) is 0.357. The smallest absolute Gasteiger partial charge is 0.161 e. The van der Waals surface area contributed by atoms with Gasteiger partial charge < -0.3 is 14.6 Å². The molecule has 5 nitrogen and oxygen atoms in total. The third kappa shape index (κ3) is 3.48. The van der Waals surface area contributed by atoms with E-state index >= 15 is 0 Å². The van der Waals surface area contributed by atoms with Crippen molar-refractivity contribution < 1.29 is 14.6 Å². The average Bonchev–Trinajstić information content (AvgIpc) is 2.92.